The van der Waals surface area contributed by atoms with Crippen molar-refractivity contribution < 1.29 is 13.3 Å². The zero-order valence-electron chi connectivity index (χ0n) is 12.1. The predicted molar refractivity (Wildman–Crippen MR) is 85.1 cm³/mol. The smallest absolute Gasteiger partial charge is 0.258 e. The zero-order chi connectivity index (χ0) is 15.9. The molecule has 1 aromatic carbocycles. The number of nitro benzene ring substituents is 1. The highest BCUT2D eigenvalue weighted by atomic mass is 32.2. The number of nitro groups is 1. The van der Waals surface area contributed by atoms with Crippen LogP contribution in [0.5, 0.6) is 0 Å². The lowest BCUT2D eigenvalue weighted by Gasteiger charge is -2.13. The maximum absolute atomic E-state index is 12.1. The van der Waals surface area contributed by atoms with Crippen LogP contribution in [0.3, 0.4) is 0 Å². The quantitative estimate of drug-likeness (QED) is 0.427. The Morgan fingerprint density at radius 1 is 1.33 bits per heavy atom. The van der Waals surface area contributed by atoms with Crippen molar-refractivity contribution in [2.45, 2.75) is 37.6 Å². The molecule has 118 valence electrons. The van der Waals surface area contributed by atoms with Crippen LogP contribution in [-0.4, -0.2) is 30.9 Å². The first-order chi connectivity index (χ1) is 9.86. The Morgan fingerprint density at radius 3 is 2.48 bits per heavy atom. The highest BCUT2D eigenvalue weighted by molar-refractivity contribution is 7.99. The predicted octanol–water partition coefficient (Wildman–Crippen LogP) is 2.79. The number of nitrogens with one attached hydrogen (secondary N) is 1. The Bertz CT molecular complexity index is 558. The SMILES string of the molecule is CCCCSC[C@H](C)NS(=O)(=O)c1ccc([N+](=O)[O-])cc1. The van der Waals surface area contributed by atoms with Crippen LogP contribution >= 0.6 is 11.8 Å². The van der Waals surface area contributed by atoms with Crippen molar-refractivity contribution in [1.29, 1.82) is 0 Å². The molecule has 0 aliphatic carbocycles. The Hall–Kier alpha value is -1.12. The number of thioether (sulfide) groups is 1. The van der Waals surface area contributed by atoms with Gasteiger partial charge in [0, 0.05) is 23.9 Å². The Kier molecular flexibility index (Phi) is 7.13. The number of unbranched alkanes of at least 4 members (excludes halogenated alkanes) is 1. The van der Waals surface area contributed by atoms with Gasteiger partial charge in [-0.25, -0.2) is 13.1 Å². The molecule has 6 nitrogen and oxygen atoms in total. The van der Waals surface area contributed by atoms with E-state index in [0.29, 0.717) is 5.75 Å². The lowest BCUT2D eigenvalue weighted by molar-refractivity contribution is -0.384. The van der Waals surface area contributed by atoms with Crippen molar-refractivity contribution in [3.63, 3.8) is 0 Å². The van der Waals surface area contributed by atoms with Crippen molar-refractivity contribution in [2.24, 2.45) is 0 Å². The number of hydrogen-bond donors (Lipinski definition) is 1. The summed E-state index contributed by atoms with van der Waals surface area (Å²) in [6.45, 7) is 3.92. The second-order valence-electron chi connectivity index (χ2n) is 4.70. The van der Waals surface area contributed by atoms with Crippen LogP contribution < -0.4 is 4.72 Å². The molecule has 1 atom stereocenters. The first-order valence-corrected chi connectivity index (χ1v) is 9.35. The van der Waals surface area contributed by atoms with Gasteiger partial charge in [-0.1, -0.05) is 13.3 Å². The van der Waals surface area contributed by atoms with Crippen molar-refractivity contribution in [3.8, 4) is 0 Å². The molecule has 0 unspecified atom stereocenters. The number of sulfonamides is 1. The Balaban J connectivity index is 2.62. The van der Waals surface area contributed by atoms with E-state index in [-0.39, 0.29) is 16.6 Å². The molecular formula is C13H20N2O4S2. The lowest BCUT2D eigenvalue weighted by Crippen LogP contribution is -2.34. The molecule has 0 saturated carbocycles. The molecule has 0 aromatic heterocycles. The van der Waals surface area contributed by atoms with Gasteiger partial charge in [0.2, 0.25) is 10.0 Å². The molecule has 0 spiro atoms. The fourth-order valence-corrected chi connectivity index (χ4v) is 4.07. The number of benzene rings is 1. The standard InChI is InChI=1S/C13H20N2O4S2/c1-3-4-9-20-10-11(2)14-21(18,19)13-7-5-12(6-8-13)15(16)17/h5-8,11,14H,3-4,9-10H2,1-2H3/t11-/m0/s1. The molecule has 1 rings (SSSR count). The average molecular weight is 332 g/mol. The monoisotopic (exact) mass is 332 g/mol. The fourth-order valence-electron chi connectivity index (χ4n) is 1.62. The van der Waals surface area contributed by atoms with Crippen LogP contribution in [0, 0.1) is 10.1 Å². The Morgan fingerprint density at radius 2 is 1.95 bits per heavy atom. The highest BCUT2D eigenvalue weighted by Gasteiger charge is 2.18. The largest absolute Gasteiger partial charge is 0.269 e. The van der Waals surface area contributed by atoms with Gasteiger partial charge in [0.05, 0.1) is 9.82 Å². The third-order valence-corrected chi connectivity index (χ3v) is 5.64. The molecule has 1 aromatic rings. The molecule has 0 aliphatic heterocycles. The van der Waals surface area contributed by atoms with E-state index in [2.05, 4.69) is 11.6 Å². The minimum absolute atomic E-state index is 0.0403. The Labute approximate surface area is 129 Å². The van der Waals surface area contributed by atoms with E-state index in [4.69, 9.17) is 0 Å². The molecular weight excluding hydrogens is 312 g/mol. The van der Waals surface area contributed by atoms with Crippen LogP contribution in [-0.2, 0) is 10.0 Å². The van der Waals surface area contributed by atoms with E-state index >= 15 is 0 Å². The molecule has 0 bridgehead atoms. The van der Waals surface area contributed by atoms with Crippen molar-refractivity contribution in [3.05, 3.63) is 34.4 Å². The number of nitrogens with zero attached hydrogens (tertiary/aromatic N) is 1. The molecule has 0 saturated heterocycles. The van der Waals surface area contributed by atoms with Crippen LogP contribution in [0.15, 0.2) is 29.2 Å². The molecule has 0 heterocycles. The third-order valence-electron chi connectivity index (χ3n) is 2.72. The second kappa shape index (κ2) is 8.35. The first-order valence-electron chi connectivity index (χ1n) is 6.71. The van der Waals surface area contributed by atoms with Crippen LogP contribution in [0.4, 0.5) is 5.69 Å². The van der Waals surface area contributed by atoms with Gasteiger partial charge in [0.25, 0.3) is 5.69 Å². The normalized spacial score (nSPS) is 13.0. The maximum Gasteiger partial charge on any atom is 0.269 e. The summed E-state index contributed by atoms with van der Waals surface area (Å²) in [7, 11) is -3.63. The second-order valence-corrected chi connectivity index (χ2v) is 7.57. The molecule has 0 aliphatic rings. The topological polar surface area (TPSA) is 89.3 Å². The van der Waals surface area contributed by atoms with Gasteiger partial charge in [-0.05, 0) is 31.2 Å². The van der Waals surface area contributed by atoms with E-state index in [1.807, 2.05) is 6.92 Å². The summed E-state index contributed by atoms with van der Waals surface area (Å²) in [6, 6.07) is 4.69. The summed E-state index contributed by atoms with van der Waals surface area (Å²) in [6.07, 6.45) is 2.24. The van der Waals surface area contributed by atoms with E-state index in [1.54, 1.807) is 11.8 Å². The van der Waals surface area contributed by atoms with Gasteiger partial charge in [0.15, 0.2) is 0 Å². The van der Waals surface area contributed by atoms with Gasteiger partial charge in [-0.2, -0.15) is 11.8 Å². The number of non-ortho nitro benzene ring substituents is 1. The molecule has 21 heavy (non-hydrogen) atoms. The summed E-state index contributed by atoms with van der Waals surface area (Å²) < 4.78 is 26.8. The third kappa shape index (κ3) is 6.03. The minimum atomic E-state index is -3.63. The van der Waals surface area contributed by atoms with E-state index in [1.165, 1.54) is 24.3 Å². The van der Waals surface area contributed by atoms with Gasteiger partial charge in [-0.15, -0.1) is 0 Å². The van der Waals surface area contributed by atoms with Gasteiger partial charge < -0.3 is 0 Å². The van der Waals surface area contributed by atoms with Crippen LogP contribution in [0.2, 0.25) is 0 Å². The molecule has 1 N–H and O–H groups in total. The molecule has 0 fully saturated rings. The molecule has 8 heteroatoms. The zero-order valence-corrected chi connectivity index (χ0v) is 13.7. The summed E-state index contributed by atoms with van der Waals surface area (Å²) in [5.41, 5.74) is -0.128. The van der Waals surface area contributed by atoms with Gasteiger partial charge in [0.1, 0.15) is 0 Å². The summed E-state index contributed by atoms with van der Waals surface area (Å²) >= 11 is 1.71. The van der Waals surface area contributed by atoms with Crippen LogP contribution in [0.1, 0.15) is 26.7 Å². The minimum Gasteiger partial charge on any atom is -0.258 e. The van der Waals surface area contributed by atoms with E-state index in [9.17, 15) is 18.5 Å². The van der Waals surface area contributed by atoms with E-state index < -0.39 is 14.9 Å². The number of hydrogen-bond acceptors (Lipinski definition) is 5. The van der Waals surface area contributed by atoms with E-state index in [0.717, 1.165) is 18.6 Å². The average Bonchev–Trinajstić information content (AvgIpc) is 2.43. The summed E-state index contributed by atoms with van der Waals surface area (Å²) in [5.74, 6) is 1.71. The van der Waals surface area contributed by atoms with Crippen molar-refractivity contribution >= 4 is 27.5 Å². The first kappa shape index (κ1) is 17.9. The van der Waals surface area contributed by atoms with Crippen molar-refractivity contribution in [1.82, 2.24) is 4.72 Å². The van der Waals surface area contributed by atoms with Crippen molar-refractivity contribution in [2.75, 3.05) is 11.5 Å². The highest BCUT2D eigenvalue weighted by Crippen LogP contribution is 2.16. The lowest BCUT2D eigenvalue weighted by atomic mass is 10.3. The summed E-state index contributed by atoms with van der Waals surface area (Å²) in [5, 5.41) is 10.5. The van der Waals surface area contributed by atoms with Gasteiger partial charge >= 0.3 is 0 Å². The maximum atomic E-state index is 12.1. The summed E-state index contributed by atoms with van der Waals surface area (Å²) in [4.78, 5) is 10.0. The molecule has 0 amide bonds. The fraction of sp³-hybridized carbons (Fsp3) is 0.538. The number of rotatable bonds is 9. The van der Waals surface area contributed by atoms with Crippen LogP contribution in [0.25, 0.3) is 0 Å². The molecule has 0 radical (unpaired) electrons. The van der Waals surface area contributed by atoms with Gasteiger partial charge in [-0.3, -0.25) is 10.1 Å².